The number of ether oxygens (including phenoxy) is 3. The van der Waals surface area contributed by atoms with Gasteiger partial charge in [-0.1, -0.05) is 0 Å². The van der Waals surface area contributed by atoms with Crippen LogP contribution in [0.3, 0.4) is 0 Å². The fraction of sp³-hybridized carbons (Fsp3) is 0.400. The van der Waals surface area contributed by atoms with Crippen LogP contribution in [0.1, 0.15) is 24.2 Å². The molecular weight excluding hydrogens is 270 g/mol. The molecule has 0 radical (unpaired) electrons. The number of hydrogen-bond acceptors (Lipinski definition) is 5. The first-order chi connectivity index (χ1) is 10.2. The van der Waals surface area contributed by atoms with Gasteiger partial charge in [0.25, 0.3) is 0 Å². The zero-order valence-corrected chi connectivity index (χ0v) is 12.8. The molecule has 6 heteroatoms. The molecule has 6 nitrogen and oxygen atoms in total. The summed E-state index contributed by atoms with van der Waals surface area (Å²) in [6.07, 6.45) is 1.74. The minimum atomic E-state index is -0.359. The van der Waals surface area contributed by atoms with Crippen LogP contribution in [0, 0.1) is 0 Å². The molecule has 114 valence electrons. The molecule has 0 fully saturated rings. The molecule has 0 saturated heterocycles. The molecule has 0 aliphatic heterocycles. The molecule has 2 N–H and O–H groups in total. The third-order valence-corrected chi connectivity index (χ3v) is 3.44. The Kier molecular flexibility index (Phi) is 4.70. The van der Waals surface area contributed by atoms with Gasteiger partial charge in [-0.15, -0.1) is 0 Å². The van der Waals surface area contributed by atoms with E-state index in [1.54, 1.807) is 27.5 Å². The number of aromatic nitrogens is 2. The second kappa shape index (κ2) is 6.49. The van der Waals surface area contributed by atoms with E-state index in [0.717, 1.165) is 17.8 Å². The van der Waals surface area contributed by atoms with Crippen molar-refractivity contribution in [2.45, 2.75) is 19.5 Å². The van der Waals surface area contributed by atoms with Gasteiger partial charge in [0.15, 0.2) is 11.5 Å². The van der Waals surface area contributed by atoms with Crippen molar-refractivity contribution in [2.24, 2.45) is 5.73 Å². The Bertz CT molecular complexity index is 610. The van der Waals surface area contributed by atoms with Gasteiger partial charge in [0, 0.05) is 18.3 Å². The average molecular weight is 291 g/mol. The van der Waals surface area contributed by atoms with E-state index in [9.17, 15) is 0 Å². The van der Waals surface area contributed by atoms with E-state index in [-0.39, 0.29) is 6.04 Å². The average Bonchev–Trinajstić information content (AvgIpc) is 3.00. The van der Waals surface area contributed by atoms with Crippen LogP contribution in [0.25, 0.3) is 0 Å². The smallest absolute Gasteiger partial charge is 0.203 e. The lowest BCUT2D eigenvalue weighted by Gasteiger charge is -2.20. The third-order valence-electron chi connectivity index (χ3n) is 3.44. The lowest BCUT2D eigenvalue weighted by molar-refractivity contribution is 0.321. The van der Waals surface area contributed by atoms with E-state index in [1.807, 2.05) is 29.8 Å². The third kappa shape index (κ3) is 2.67. The number of rotatable bonds is 6. The van der Waals surface area contributed by atoms with Gasteiger partial charge in [-0.3, -0.25) is 4.68 Å². The predicted molar refractivity (Wildman–Crippen MR) is 80.0 cm³/mol. The number of nitrogens with two attached hydrogens (primary N) is 1. The number of benzene rings is 1. The van der Waals surface area contributed by atoms with E-state index in [2.05, 4.69) is 5.10 Å². The normalized spacial score (nSPS) is 12.0. The van der Waals surface area contributed by atoms with Gasteiger partial charge in [-0.05, 0) is 25.1 Å². The zero-order chi connectivity index (χ0) is 15.4. The molecule has 0 saturated carbocycles. The van der Waals surface area contributed by atoms with Gasteiger partial charge in [-0.2, -0.15) is 5.10 Å². The molecule has 1 unspecified atom stereocenters. The van der Waals surface area contributed by atoms with Crippen LogP contribution in [0.4, 0.5) is 0 Å². The molecule has 1 aromatic carbocycles. The summed E-state index contributed by atoms with van der Waals surface area (Å²) in [5, 5.41) is 4.25. The Morgan fingerprint density at radius 2 is 1.81 bits per heavy atom. The van der Waals surface area contributed by atoms with Crippen molar-refractivity contribution in [3.05, 3.63) is 35.7 Å². The summed E-state index contributed by atoms with van der Waals surface area (Å²) in [6.45, 7) is 2.78. The fourth-order valence-electron chi connectivity index (χ4n) is 2.40. The van der Waals surface area contributed by atoms with Crippen LogP contribution in [-0.4, -0.2) is 31.1 Å². The van der Waals surface area contributed by atoms with Crippen molar-refractivity contribution in [1.29, 1.82) is 0 Å². The van der Waals surface area contributed by atoms with Crippen molar-refractivity contribution in [3.63, 3.8) is 0 Å². The molecule has 0 aliphatic carbocycles. The van der Waals surface area contributed by atoms with Crippen LogP contribution >= 0.6 is 0 Å². The van der Waals surface area contributed by atoms with Crippen LogP contribution < -0.4 is 19.9 Å². The quantitative estimate of drug-likeness (QED) is 0.881. The summed E-state index contributed by atoms with van der Waals surface area (Å²) in [5.41, 5.74) is 8.14. The van der Waals surface area contributed by atoms with E-state index in [0.29, 0.717) is 17.2 Å². The van der Waals surface area contributed by atoms with Gasteiger partial charge in [0.05, 0.1) is 33.1 Å². The SMILES string of the molecule is CCn1nccc1C(N)c1ccc(OC)c(OC)c1OC. The van der Waals surface area contributed by atoms with Crippen molar-refractivity contribution in [2.75, 3.05) is 21.3 Å². The van der Waals surface area contributed by atoms with Crippen LogP contribution in [-0.2, 0) is 6.54 Å². The van der Waals surface area contributed by atoms with Gasteiger partial charge in [-0.25, -0.2) is 0 Å². The summed E-state index contributed by atoms with van der Waals surface area (Å²) in [6, 6.07) is 5.26. The van der Waals surface area contributed by atoms with Crippen molar-refractivity contribution in [1.82, 2.24) is 9.78 Å². The predicted octanol–water partition coefficient (Wildman–Crippen LogP) is 1.98. The minimum absolute atomic E-state index is 0.359. The van der Waals surface area contributed by atoms with Crippen molar-refractivity contribution >= 4 is 0 Å². The molecule has 1 aromatic heterocycles. The highest BCUT2D eigenvalue weighted by Gasteiger charge is 2.22. The highest BCUT2D eigenvalue weighted by Crippen LogP contribution is 2.42. The number of aryl methyl sites for hydroxylation is 1. The Morgan fingerprint density at radius 1 is 1.10 bits per heavy atom. The highest BCUT2D eigenvalue weighted by molar-refractivity contribution is 5.57. The molecule has 0 amide bonds. The molecule has 2 rings (SSSR count). The second-order valence-electron chi connectivity index (χ2n) is 4.47. The Hall–Kier alpha value is -2.21. The van der Waals surface area contributed by atoms with Crippen LogP contribution in [0.15, 0.2) is 24.4 Å². The van der Waals surface area contributed by atoms with Crippen LogP contribution in [0.5, 0.6) is 17.2 Å². The molecule has 0 spiro atoms. The second-order valence-corrected chi connectivity index (χ2v) is 4.47. The van der Waals surface area contributed by atoms with Gasteiger partial charge in [0.2, 0.25) is 5.75 Å². The first-order valence-electron chi connectivity index (χ1n) is 6.74. The summed E-state index contributed by atoms with van der Waals surface area (Å²) in [7, 11) is 4.75. The van der Waals surface area contributed by atoms with Gasteiger partial charge in [0.1, 0.15) is 0 Å². The number of methoxy groups -OCH3 is 3. The summed E-state index contributed by atoms with van der Waals surface area (Å²) in [4.78, 5) is 0. The largest absolute Gasteiger partial charge is 0.493 e. The summed E-state index contributed by atoms with van der Waals surface area (Å²) >= 11 is 0. The Balaban J connectivity index is 2.53. The van der Waals surface area contributed by atoms with E-state index < -0.39 is 0 Å². The van der Waals surface area contributed by atoms with E-state index >= 15 is 0 Å². The summed E-state index contributed by atoms with van der Waals surface area (Å²) < 4.78 is 18.0. The maximum Gasteiger partial charge on any atom is 0.203 e. The standard InChI is InChI=1S/C15H21N3O3/c1-5-18-11(8-9-17-18)13(16)10-6-7-12(19-2)15(21-4)14(10)20-3/h6-9,13H,5,16H2,1-4H3. The lowest BCUT2D eigenvalue weighted by Crippen LogP contribution is -2.18. The zero-order valence-electron chi connectivity index (χ0n) is 12.8. The highest BCUT2D eigenvalue weighted by atomic mass is 16.5. The lowest BCUT2D eigenvalue weighted by atomic mass is 10.0. The maximum atomic E-state index is 6.39. The topological polar surface area (TPSA) is 71.5 Å². The maximum absolute atomic E-state index is 6.39. The monoisotopic (exact) mass is 291 g/mol. The molecule has 1 heterocycles. The molecule has 21 heavy (non-hydrogen) atoms. The molecular formula is C15H21N3O3. The molecule has 2 aromatic rings. The fourth-order valence-corrected chi connectivity index (χ4v) is 2.40. The molecule has 0 bridgehead atoms. The Morgan fingerprint density at radius 3 is 2.38 bits per heavy atom. The molecule has 0 aliphatic rings. The number of hydrogen-bond donors (Lipinski definition) is 1. The molecule has 1 atom stereocenters. The first-order valence-corrected chi connectivity index (χ1v) is 6.74. The van der Waals surface area contributed by atoms with Crippen molar-refractivity contribution in [3.8, 4) is 17.2 Å². The van der Waals surface area contributed by atoms with Gasteiger partial charge < -0.3 is 19.9 Å². The van der Waals surface area contributed by atoms with Crippen molar-refractivity contribution < 1.29 is 14.2 Å². The van der Waals surface area contributed by atoms with E-state index in [1.165, 1.54) is 0 Å². The van der Waals surface area contributed by atoms with Crippen LogP contribution in [0.2, 0.25) is 0 Å². The van der Waals surface area contributed by atoms with E-state index in [4.69, 9.17) is 19.9 Å². The summed E-state index contributed by atoms with van der Waals surface area (Å²) in [5.74, 6) is 1.72. The first kappa shape index (κ1) is 15.2. The minimum Gasteiger partial charge on any atom is -0.493 e. The van der Waals surface area contributed by atoms with Gasteiger partial charge >= 0.3 is 0 Å². The number of nitrogens with zero attached hydrogens (tertiary/aromatic N) is 2. The Labute approximate surface area is 124 Å².